The second kappa shape index (κ2) is 13.9. The molecule has 2 amide bonds. The number of carbonyl (C=O) groups is 2. The van der Waals surface area contributed by atoms with E-state index in [9.17, 15) is 29.4 Å². The lowest BCUT2D eigenvalue weighted by atomic mass is 10.1. The van der Waals surface area contributed by atoms with E-state index < -0.39 is 22.9 Å². The first kappa shape index (κ1) is 33.5. The fraction of sp³-hybridized carbons (Fsp3) is 0.135. The third-order valence-electron chi connectivity index (χ3n) is 8.13. The Labute approximate surface area is 280 Å². The Morgan fingerprint density at radius 1 is 0.667 bits per heavy atom. The highest BCUT2D eigenvalue weighted by atomic mass is 35.5. The van der Waals surface area contributed by atoms with Crippen LogP contribution in [0.15, 0.2) is 113 Å². The van der Waals surface area contributed by atoms with Crippen molar-refractivity contribution in [3.05, 3.63) is 140 Å². The lowest BCUT2D eigenvalue weighted by molar-refractivity contribution is 0.0978. The van der Waals surface area contributed by atoms with E-state index in [0.717, 1.165) is 0 Å². The number of amides is 2. The molecular weight excluding hydrogens is 632 g/mol. The van der Waals surface area contributed by atoms with Gasteiger partial charge in [0.1, 0.15) is 22.6 Å². The lowest BCUT2D eigenvalue weighted by Crippen LogP contribution is -2.36. The second-order valence-electron chi connectivity index (χ2n) is 10.9. The molecule has 0 saturated carbocycles. The number of para-hydroxylation sites is 3. The van der Waals surface area contributed by atoms with Crippen molar-refractivity contribution in [1.29, 1.82) is 0 Å². The second-order valence-corrected chi connectivity index (χ2v) is 11.3. The number of carbonyl (C=O) groups excluding carboxylic acids is 2. The minimum Gasteiger partial charge on any atom is -0.506 e. The molecule has 2 heterocycles. The molecule has 0 unspecified atom stereocenters. The predicted molar refractivity (Wildman–Crippen MR) is 190 cm³/mol. The highest BCUT2D eigenvalue weighted by Gasteiger charge is 2.27. The van der Waals surface area contributed by atoms with Crippen molar-refractivity contribution in [3.8, 4) is 11.5 Å². The van der Waals surface area contributed by atoms with Crippen LogP contribution in [0.1, 0.15) is 27.6 Å². The first-order valence-corrected chi connectivity index (χ1v) is 15.4. The van der Waals surface area contributed by atoms with Gasteiger partial charge in [0, 0.05) is 44.4 Å². The number of benzene rings is 4. The van der Waals surface area contributed by atoms with E-state index >= 15 is 0 Å². The third-order valence-corrected chi connectivity index (χ3v) is 8.44. The molecule has 2 aromatic heterocycles. The van der Waals surface area contributed by atoms with Gasteiger partial charge in [-0.15, -0.1) is 0 Å². The van der Waals surface area contributed by atoms with Crippen LogP contribution in [0.25, 0.3) is 21.8 Å². The molecular formula is C37H33ClN4O6. The zero-order valence-corrected chi connectivity index (χ0v) is 27.5. The molecule has 0 radical (unpaired) electrons. The molecule has 0 fully saturated rings. The van der Waals surface area contributed by atoms with Gasteiger partial charge in [-0.2, -0.15) is 0 Å². The minimum absolute atomic E-state index is 0.224. The van der Waals surface area contributed by atoms with Gasteiger partial charge in [0.2, 0.25) is 0 Å². The number of anilines is 2. The summed E-state index contributed by atoms with van der Waals surface area (Å²) in [5.41, 5.74) is 0.748. The van der Waals surface area contributed by atoms with Crippen LogP contribution in [0.2, 0.25) is 5.02 Å². The van der Waals surface area contributed by atoms with Gasteiger partial charge in [-0.05, 0) is 55.5 Å². The summed E-state index contributed by atoms with van der Waals surface area (Å²) < 4.78 is 2.70. The van der Waals surface area contributed by atoms with E-state index in [1.807, 2.05) is 12.1 Å². The molecule has 10 nitrogen and oxygen atoms in total. The number of hydrogen-bond acceptors (Lipinski definition) is 6. The van der Waals surface area contributed by atoms with E-state index in [4.69, 9.17) is 11.6 Å². The van der Waals surface area contributed by atoms with Crippen LogP contribution in [-0.4, -0.2) is 44.8 Å². The number of halogens is 1. The third kappa shape index (κ3) is 6.01. The number of aromatic hydroxyl groups is 2. The number of pyridine rings is 2. The normalized spacial score (nSPS) is 10.8. The first-order chi connectivity index (χ1) is 23.0. The van der Waals surface area contributed by atoms with Crippen molar-refractivity contribution in [1.82, 2.24) is 9.13 Å². The smallest absolute Gasteiger partial charge is 0.267 e. The molecule has 0 atom stereocenters. The van der Waals surface area contributed by atoms with Crippen LogP contribution in [0.4, 0.5) is 11.4 Å². The molecule has 6 rings (SSSR count). The zero-order valence-electron chi connectivity index (χ0n) is 26.7. The van der Waals surface area contributed by atoms with Crippen LogP contribution in [0.3, 0.4) is 0 Å². The Balaban J connectivity index is 0.000000188. The topological polar surface area (TPSA) is 125 Å². The summed E-state index contributed by atoms with van der Waals surface area (Å²) in [6, 6.07) is 29.9. The number of hydrogen-bond donors (Lipinski definition) is 2. The minimum atomic E-state index is -0.563. The van der Waals surface area contributed by atoms with E-state index in [1.165, 1.54) is 18.9 Å². The zero-order chi connectivity index (χ0) is 34.7. The first-order valence-electron chi connectivity index (χ1n) is 15.0. The van der Waals surface area contributed by atoms with Gasteiger partial charge in [0.15, 0.2) is 0 Å². The molecule has 6 aromatic rings. The maximum atomic E-state index is 13.0. The monoisotopic (exact) mass is 664 g/mol. The lowest BCUT2D eigenvalue weighted by Gasteiger charge is -2.22. The average molecular weight is 665 g/mol. The predicted octanol–water partition coefficient (Wildman–Crippen LogP) is 6.08. The summed E-state index contributed by atoms with van der Waals surface area (Å²) in [6.07, 6.45) is 0. The number of fused-ring (bicyclic) bond motifs is 2. The molecule has 0 saturated heterocycles. The quantitative estimate of drug-likeness (QED) is 0.230. The van der Waals surface area contributed by atoms with Crippen molar-refractivity contribution < 1.29 is 19.8 Å². The van der Waals surface area contributed by atoms with E-state index in [-0.39, 0.29) is 27.6 Å². The molecule has 4 aromatic carbocycles. The van der Waals surface area contributed by atoms with Crippen molar-refractivity contribution in [3.63, 3.8) is 0 Å². The van der Waals surface area contributed by atoms with Crippen LogP contribution in [0, 0.1) is 0 Å². The van der Waals surface area contributed by atoms with Gasteiger partial charge in [0.05, 0.1) is 21.4 Å². The summed E-state index contributed by atoms with van der Waals surface area (Å²) in [5.74, 6) is -1.77. The maximum Gasteiger partial charge on any atom is 0.267 e. The largest absolute Gasteiger partial charge is 0.506 e. The van der Waals surface area contributed by atoms with Crippen LogP contribution >= 0.6 is 11.6 Å². The molecule has 11 heteroatoms. The van der Waals surface area contributed by atoms with Crippen molar-refractivity contribution in [2.24, 2.45) is 14.1 Å². The standard InChI is InChI=1S/C19H17ClN2O3.C18H16N2O3/c1-3-22(12-8-5-4-6-9-12)19(25)16-17(23)15-13(20)10-7-11-14(15)21(2)18(16)24;1-19(12-8-4-3-5-9-12)17(22)15-16(21)13-10-6-7-11-14(13)20(2)18(15)23/h4-11,23H,3H2,1-2H3;3-11,21H,1-2H3. The van der Waals surface area contributed by atoms with Crippen molar-refractivity contribution in [2.75, 3.05) is 23.4 Å². The SMILES string of the molecule is CCN(C(=O)c1c(O)c2c(Cl)cccc2n(C)c1=O)c1ccccc1.CN(C(=O)c1c(O)c2ccccc2n(C)c1=O)c1ccccc1. The number of nitrogens with zero attached hydrogens (tertiary/aromatic N) is 4. The van der Waals surface area contributed by atoms with Gasteiger partial charge in [-0.25, -0.2) is 0 Å². The van der Waals surface area contributed by atoms with Crippen LogP contribution < -0.4 is 20.9 Å². The van der Waals surface area contributed by atoms with E-state index in [0.29, 0.717) is 39.7 Å². The Bertz CT molecular complexity index is 2280. The number of aromatic nitrogens is 2. The Kier molecular flexibility index (Phi) is 9.67. The fourth-order valence-electron chi connectivity index (χ4n) is 5.52. The van der Waals surface area contributed by atoms with Gasteiger partial charge in [-0.1, -0.05) is 66.2 Å². The van der Waals surface area contributed by atoms with Crippen LogP contribution in [-0.2, 0) is 14.1 Å². The number of aryl methyl sites for hydroxylation is 2. The summed E-state index contributed by atoms with van der Waals surface area (Å²) in [6.45, 7) is 2.16. The summed E-state index contributed by atoms with van der Waals surface area (Å²) in [5, 5.41) is 22.2. The number of rotatable bonds is 5. The Morgan fingerprint density at radius 2 is 1.17 bits per heavy atom. The Hall–Kier alpha value is -5.87. The summed E-state index contributed by atoms with van der Waals surface area (Å²) in [4.78, 5) is 53.8. The fourth-order valence-corrected chi connectivity index (χ4v) is 5.78. The highest BCUT2D eigenvalue weighted by Crippen LogP contribution is 2.33. The molecule has 2 N–H and O–H groups in total. The van der Waals surface area contributed by atoms with Crippen molar-refractivity contribution >= 4 is 56.6 Å². The van der Waals surface area contributed by atoms with E-state index in [2.05, 4.69) is 0 Å². The van der Waals surface area contributed by atoms with Gasteiger partial charge in [-0.3, -0.25) is 19.2 Å². The van der Waals surface area contributed by atoms with Crippen molar-refractivity contribution in [2.45, 2.75) is 6.92 Å². The van der Waals surface area contributed by atoms with Gasteiger partial charge >= 0.3 is 0 Å². The average Bonchev–Trinajstić information content (AvgIpc) is 3.11. The molecule has 0 aliphatic heterocycles. The van der Waals surface area contributed by atoms with Gasteiger partial charge < -0.3 is 29.1 Å². The van der Waals surface area contributed by atoms with Crippen LogP contribution in [0.5, 0.6) is 11.5 Å². The summed E-state index contributed by atoms with van der Waals surface area (Å²) >= 11 is 6.19. The molecule has 0 spiro atoms. The Morgan fingerprint density at radius 3 is 1.77 bits per heavy atom. The van der Waals surface area contributed by atoms with Gasteiger partial charge in [0.25, 0.3) is 22.9 Å². The highest BCUT2D eigenvalue weighted by molar-refractivity contribution is 6.36. The molecule has 48 heavy (non-hydrogen) atoms. The maximum absolute atomic E-state index is 13.0. The molecule has 0 aliphatic rings. The molecule has 0 aliphatic carbocycles. The molecule has 244 valence electrons. The summed E-state index contributed by atoms with van der Waals surface area (Å²) in [7, 11) is 4.71. The van der Waals surface area contributed by atoms with E-state index in [1.54, 1.807) is 119 Å². The molecule has 0 bridgehead atoms.